The fraction of sp³-hybridized carbons (Fsp3) is 0.375. The molecule has 0 bridgehead atoms. The van der Waals surface area contributed by atoms with Gasteiger partial charge in [-0.05, 0) is 18.6 Å². The zero-order chi connectivity index (χ0) is 15.1. The lowest BCUT2D eigenvalue weighted by Gasteiger charge is -2.12. The van der Waals surface area contributed by atoms with Gasteiger partial charge in [0.1, 0.15) is 5.75 Å². The van der Waals surface area contributed by atoms with Crippen molar-refractivity contribution >= 4 is 5.91 Å². The lowest BCUT2D eigenvalue weighted by molar-refractivity contribution is -0.125. The van der Waals surface area contributed by atoms with Gasteiger partial charge in [0, 0.05) is 31.3 Å². The van der Waals surface area contributed by atoms with Crippen LogP contribution in [0.5, 0.6) is 5.75 Å². The first-order chi connectivity index (χ1) is 10.1. The lowest BCUT2D eigenvalue weighted by Crippen LogP contribution is -2.29. The van der Waals surface area contributed by atoms with Crippen LogP contribution in [0.3, 0.4) is 0 Å². The first-order valence-electron chi connectivity index (χ1n) is 7.08. The Labute approximate surface area is 124 Å². The number of carbonyl (C=O) groups excluding carboxylic acids is 1. The van der Waals surface area contributed by atoms with Crippen molar-refractivity contribution in [1.29, 1.82) is 0 Å². The third-order valence-corrected chi connectivity index (χ3v) is 3.24. The Morgan fingerprint density at radius 1 is 1.38 bits per heavy atom. The number of ether oxygens (including phenoxy) is 1. The molecular weight excluding hydrogens is 266 g/mol. The van der Waals surface area contributed by atoms with Crippen LogP contribution < -0.4 is 10.1 Å². The van der Waals surface area contributed by atoms with E-state index in [1.165, 1.54) is 0 Å². The molecule has 21 heavy (non-hydrogen) atoms. The fourth-order valence-corrected chi connectivity index (χ4v) is 1.93. The summed E-state index contributed by atoms with van der Waals surface area (Å²) in [6.45, 7) is 2.95. The Kier molecular flexibility index (Phi) is 5.37. The van der Waals surface area contributed by atoms with E-state index in [0.717, 1.165) is 11.3 Å². The second-order valence-electron chi connectivity index (χ2n) is 5.09. The lowest BCUT2D eigenvalue weighted by atomic mass is 10.1. The van der Waals surface area contributed by atoms with Gasteiger partial charge in [-0.3, -0.25) is 9.48 Å². The minimum absolute atomic E-state index is 0.0375. The molecule has 0 aliphatic carbocycles. The van der Waals surface area contributed by atoms with Gasteiger partial charge in [-0.25, -0.2) is 0 Å². The van der Waals surface area contributed by atoms with Crippen LogP contribution in [0, 0.1) is 5.92 Å². The first kappa shape index (κ1) is 15.1. The van der Waals surface area contributed by atoms with E-state index in [9.17, 15) is 4.79 Å². The number of para-hydroxylation sites is 1. The van der Waals surface area contributed by atoms with Crippen LogP contribution in [0.4, 0.5) is 0 Å². The normalized spacial score (nSPS) is 11.9. The molecule has 112 valence electrons. The van der Waals surface area contributed by atoms with Crippen molar-refractivity contribution in [2.45, 2.75) is 19.9 Å². The van der Waals surface area contributed by atoms with Crippen LogP contribution in [0.1, 0.15) is 18.9 Å². The molecule has 5 nitrogen and oxygen atoms in total. The van der Waals surface area contributed by atoms with Crippen LogP contribution >= 0.6 is 0 Å². The molecule has 1 heterocycles. The molecule has 1 aromatic heterocycles. The Hall–Kier alpha value is -2.30. The SMILES string of the molecule is C[C@H](CCOc1ccccc1)C(=O)NCc1cnn(C)c1. The number of hydrogen-bond donors (Lipinski definition) is 1. The van der Waals surface area contributed by atoms with Gasteiger partial charge in [-0.15, -0.1) is 0 Å². The molecule has 0 unspecified atom stereocenters. The zero-order valence-corrected chi connectivity index (χ0v) is 12.5. The van der Waals surface area contributed by atoms with Gasteiger partial charge in [0.2, 0.25) is 5.91 Å². The summed E-state index contributed by atoms with van der Waals surface area (Å²) in [7, 11) is 1.86. The van der Waals surface area contributed by atoms with Crippen molar-refractivity contribution in [2.24, 2.45) is 13.0 Å². The second-order valence-corrected chi connectivity index (χ2v) is 5.09. The minimum atomic E-state index is -0.0783. The van der Waals surface area contributed by atoms with Gasteiger partial charge in [0.05, 0.1) is 12.8 Å². The highest BCUT2D eigenvalue weighted by molar-refractivity contribution is 5.78. The average Bonchev–Trinajstić information content (AvgIpc) is 2.91. The van der Waals surface area contributed by atoms with E-state index in [4.69, 9.17) is 4.74 Å². The number of benzene rings is 1. The van der Waals surface area contributed by atoms with Gasteiger partial charge >= 0.3 is 0 Å². The van der Waals surface area contributed by atoms with Gasteiger partial charge in [-0.2, -0.15) is 5.10 Å². The van der Waals surface area contributed by atoms with Crippen molar-refractivity contribution in [3.05, 3.63) is 48.3 Å². The molecule has 0 saturated heterocycles. The number of aromatic nitrogens is 2. The smallest absolute Gasteiger partial charge is 0.223 e. The molecule has 0 radical (unpaired) electrons. The predicted molar refractivity (Wildman–Crippen MR) is 80.8 cm³/mol. The number of aryl methyl sites for hydroxylation is 1. The summed E-state index contributed by atoms with van der Waals surface area (Å²) >= 11 is 0. The number of nitrogens with one attached hydrogen (secondary N) is 1. The van der Waals surface area contributed by atoms with Gasteiger partial charge in [-0.1, -0.05) is 25.1 Å². The molecule has 1 aromatic carbocycles. The average molecular weight is 287 g/mol. The van der Waals surface area contributed by atoms with Crippen LogP contribution in [-0.2, 0) is 18.4 Å². The van der Waals surface area contributed by atoms with Crippen molar-refractivity contribution in [2.75, 3.05) is 6.61 Å². The third-order valence-electron chi connectivity index (χ3n) is 3.24. The molecule has 0 spiro atoms. The van der Waals surface area contributed by atoms with E-state index >= 15 is 0 Å². The van der Waals surface area contributed by atoms with Crippen molar-refractivity contribution in [3.63, 3.8) is 0 Å². The van der Waals surface area contributed by atoms with Crippen LogP contribution in [-0.4, -0.2) is 22.3 Å². The Bertz CT molecular complexity index is 566. The monoisotopic (exact) mass is 287 g/mol. The molecule has 5 heteroatoms. The van der Waals surface area contributed by atoms with E-state index in [1.54, 1.807) is 10.9 Å². The molecule has 1 N–H and O–H groups in total. The number of amides is 1. The second kappa shape index (κ2) is 7.47. The van der Waals surface area contributed by atoms with E-state index in [2.05, 4.69) is 10.4 Å². The van der Waals surface area contributed by atoms with Gasteiger partial charge < -0.3 is 10.1 Å². The van der Waals surface area contributed by atoms with Gasteiger partial charge in [0.25, 0.3) is 0 Å². The van der Waals surface area contributed by atoms with Crippen molar-refractivity contribution in [1.82, 2.24) is 15.1 Å². The summed E-state index contributed by atoms with van der Waals surface area (Å²) in [5.74, 6) is 0.793. The Morgan fingerprint density at radius 2 is 2.14 bits per heavy atom. The number of nitrogens with zero attached hydrogens (tertiary/aromatic N) is 2. The quantitative estimate of drug-likeness (QED) is 0.849. The molecular formula is C16H21N3O2. The predicted octanol–water partition coefficient (Wildman–Crippen LogP) is 2.14. The number of rotatable bonds is 7. The third kappa shape index (κ3) is 4.95. The maximum atomic E-state index is 12.0. The highest BCUT2D eigenvalue weighted by Gasteiger charge is 2.12. The first-order valence-corrected chi connectivity index (χ1v) is 7.08. The van der Waals surface area contributed by atoms with Crippen LogP contribution in [0.25, 0.3) is 0 Å². The topological polar surface area (TPSA) is 56.1 Å². The van der Waals surface area contributed by atoms with E-state index < -0.39 is 0 Å². The highest BCUT2D eigenvalue weighted by atomic mass is 16.5. The molecule has 1 atom stereocenters. The number of carbonyl (C=O) groups is 1. The molecule has 0 fully saturated rings. The van der Waals surface area contributed by atoms with E-state index in [0.29, 0.717) is 19.6 Å². The zero-order valence-electron chi connectivity index (χ0n) is 12.5. The fourth-order valence-electron chi connectivity index (χ4n) is 1.93. The summed E-state index contributed by atoms with van der Waals surface area (Å²) in [6, 6.07) is 9.63. The largest absolute Gasteiger partial charge is 0.494 e. The molecule has 0 aliphatic heterocycles. The Morgan fingerprint density at radius 3 is 2.81 bits per heavy atom. The maximum absolute atomic E-state index is 12.0. The Balaban J connectivity index is 1.67. The van der Waals surface area contributed by atoms with Crippen molar-refractivity contribution in [3.8, 4) is 5.75 Å². The molecule has 0 saturated carbocycles. The van der Waals surface area contributed by atoms with Crippen molar-refractivity contribution < 1.29 is 9.53 Å². The van der Waals surface area contributed by atoms with E-state index in [1.807, 2.05) is 50.5 Å². The van der Waals surface area contributed by atoms with Gasteiger partial charge in [0.15, 0.2) is 0 Å². The van der Waals surface area contributed by atoms with Crippen LogP contribution in [0.15, 0.2) is 42.7 Å². The minimum Gasteiger partial charge on any atom is -0.494 e. The highest BCUT2D eigenvalue weighted by Crippen LogP contribution is 2.10. The summed E-state index contributed by atoms with van der Waals surface area (Å²) in [5.41, 5.74) is 0.999. The summed E-state index contributed by atoms with van der Waals surface area (Å²) in [4.78, 5) is 12.0. The summed E-state index contributed by atoms with van der Waals surface area (Å²) in [6.07, 6.45) is 4.33. The standard InChI is InChI=1S/C16H21N3O2/c1-13(8-9-21-15-6-4-3-5-7-15)16(20)17-10-14-11-18-19(2)12-14/h3-7,11-13H,8-10H2,1-2H3,(H,17,20)/t13-/m1/s1. The molecule has 2 rings (SSSR count). The molecule has 0 aliphatic rings. The molecule has 1 amide bonds. The van der Waals surface area contributed by atoms with E-state index in [-0.39, 0.29) is 11.8 Å². The summed E-state index contributed by atoms with van der Waals surface area (Å²) < 4.78 is 7.32. The van der Waals surface area contributed by atoms with Crippen LogP contribution in [0.2, 0.25) is 0 Å². The molecule has 2 aromatic rings. The number of hydrogen-bond acceptors (Lipinski definition) is 3. The summed E-state index contributed by atoms with van der Waals surface area (Å²) in [5, 5.41) is 6.98. The maximum Gasteiger partial charge on any atom is 0.223 e.